The maximum atomic E-state index is 4.98. The minimum atomic E-state index is 0.981. The Morgan fingerprint density at radius 3 is 1.66 bits per heavy atom. The number of aromatic nitrogens is 2. The first-order chi connectivity index (χ1) is 30.1. The van der Waals surface area contributed by atoms with Gasteiger partial charge in [0.15, 0.2) is 0 Å². The highest BCUT2D eigenvalue weighted by Gasteiger charge is 2.16. The largest absolute Gasteiger partial charge is 0.297 e. The van der Waals surface area contributed by atoms with Gasteiger partial charge in [-0.1, -0.05) is 176 Å². The number of imidazole rings is 1. The molecule has 2 nitrogen and oxygen atoms in total. The number of rotatable bonds is 5. The average Bonchev–Trinajstić information content (AvgIpc) is 3.65. The molecule has 12 aromatic rings. The standard InChI is InChI=1S/C59H40N2/c1-37-11-8-12-41-25-26-43-14-10-20-54(59(43)57(37)41)53-19-9-13-42-27-28-45-35-44(29-31-50(45)58(42)53)39-21-23-40(24-22-39)48-32-33-49(52-18-7-6-17-51(48)52)46-30-34-56-55(36-46)60-38(2)61(56)47-15-4-3-5-16-47/h3-36H,1-2H3. The molecule has 0 aliphatic carbocycles. The smallest absolute Gasteiger partial charge is 0.111 e. The van der Waals surface area contributed by atoms with Crippen molar-refractivity contribution in [2.24, 2.45) is 0 Å². The summed E-state index contributed by atoms with van der Waals surface area (Å²) in [6.07, 6.45) is 0. The summed E-state index contributed by atoms with van der Waals surface area (Å²) >= 11 is 0. The molecule has 0 bridgehead atoms. The molecule has 1 heterocycles. The van der Waals surface area contributed by atoms with Gasteiger partial charge in [-0.25, -0.2) is 4.98 Å². The van der Waals surface area contributed by atoms with Gasteiger partial charge in [0, 0.05) is 5.69 Å². The van der Waals surface area contributed by atoms with E-state index in [1.54, 1.807) is 0 Å². The zero-order valence-electron chi connectivity index (χ0n) is 34.0. The first kappa shape index (κ1) is 35.2. The monoisotopic (exact) mass is 776 g/mol. The van der Waals surface area contributed by atoms with Gasteiger partial charge >= 0.3 is 0 Å². The molecule has 0 saturated heterocycles. The Balaban J connectivity index is 0.910. The van der Waals surface area contributed by atoms with Gasteiger partial charge in [-0.3, -0.25) is 4.57 Å². The fourth-order valence-electron chi connectivity index (χ4n) is 10.0. The van der Waals surface area contributed by atoms with Crippen LogP contribution in [0.4, 0.5) is 0 Å². The highest BCUT2D eigenvalue weighted by Crippen LogP contribution is 2.42. The molecule has 0 aliphatic rings. The topological polar surface area (TPSA) is 17.8 Å². The minimum absolute atomic E-state index is 0.981. The number of nitrogens with zero attached hydrogens (tertiary/aromatic N) is 2. The Labute approximate surface area is 354 Å². The summed E-state index contributed by atoms with van der Waals surface area (Å²) in [5.41, 5.74) is 14.3. The first-order valence-electron chi connectivity index (χ1n) is 21.1. The minimum Gasteiger partial charge on any atom is -0.297 e. The second-order valence-electron chi connectivity index (χ2n) is 16.4. The Morgan fingerprint density at radius 1 is 0.344 bits per heavy atom. The molecule has 0 saturated carbocycles. The molecule has 0 unspecified atom stereocenters. The first-order valence-corrected chi connectivity index (χ1v) is 21.1. The lowest BCUT2D eigenvalue weighted by atomic mass is 9.88. The lowest BCUT2D eigenvalue weighted by Gasteiger charge is -2.16. The molecule has 11 aromatic carbocycles. The molecule has 0 spiro atoms. The number of hydrogen-bond acceptors (Lipinski definition) is 1. The third kappa shape index (κ3) is 5.68. The van der Waals surface area contributed by atoms with Crippen LogP contribution in [0, 0.1) is 13.8 Å². The van der Waals surface area contributed by atoms with Crippen LogP contribution in [0.5, 0.6) is 0 Å². The maximum Gasteiger partial charge on any atom is 0.111 e. The van der Waals surface area contributed by atoms with E-state index in [1.165, 1.54) is 104 Å². The van der Waals surface area contributed by atoms with Crippen LogP contribution in [0.15, 0.2) is 206 Å². The van der Waals surface area contributed by atoms with Gasteiger partial charge in [0.25, 0.3) is 0 Å². The highest BCUT2D eigenvalue weighted by atomic mass is 15.1. The second-order valence-corrected chi connectivity index (χ2v) is 16.4. The van der Waals surface area contributed by atoms with Crippen LogP contribution in [0.3, 0.4) is 0 Å². The average molecular weight is 777 g/mol. The van der Waals surface area contributed by atoms with E-state index in [9.17, 15) is 0 Å². The molecular weight excluding hydrogens is 737 g/mol. The number of hydrogen-bond donors (Lipinski definition) is 0. The van der Waals surface area contributed by atoms with Crippen LogP contribution >= 0.6 is 0 Å². The van der Waals surface area contributed by atoms with Gasteiger partial charge in [0.1, 0.15) is 5.82 Å². The van der Waals surface area contributed by atoms with Gasteiger partial charge in [-0.15, -0.1) is 0 Å². The number of aryl methyl sites for hydroxylation is 2. The van der Waals surface area contributed by atoms with Crippen molar-refractivity contribution in [3.05, 3.63) is 218 Å². The van der Waals surface area contributed by atoms with Crippen LogP contribution in [0.2, 0.25) is 0 Å². The second kappa shape index (κ2) is 13.9. The van der Waals surface area contributed by atoms with Gasteiger partial charge in [0.2, 0.25) is 0 Å². The Morgan fingerprint density at radius 2 is 0.918 bits per heavy atom. The maximum absolute atomic E-state index is 4.98. The van der Waals surface area contributed by atoms with E-state index >= 15 is 0 Å². The van der Waals surface area contributed by atoms with Crippen molar-refractivity contribution < 1.29 is 0 Å². The van der Waals surface area contributed by atoms with Crippen molar-refractivity contribution in [2.75, 3.05) is 0 Å². The van der Waals surface area contributed by atoms with E-state index in [1.807, 2.05) is 0 Å². The molecule has 0 amide bonds. The van der Waals surface area contributed by atoms with Crippen molar-refractivity contribution in [2.45, 2.75) is 13.8 Å². The van der Waals surface area contributed by atoms with E-state index in [-0.39, 0.29) is 0 Å². The third-order valence-corrected chi connectivity index (χ3v) is 12.8. The molecule has 0 fully saturated rings. The summed E-state index contributed by atoms with van der Waals surface area (Å²) in [5, 5.41) is 12.7. The molecule has 0 N–H and O–H groups in total. The SMILES string of the molecule is Cc1cccc2ccc3cccc(-c4cccc5ccc6cc(-c7ccc(-c8ccc(-c9ccc%10c(c9)nc(C)n%10-c9ccccc9)c9ccccc89)cc7)ccc6c45)c3c12. The van der Waals surface area contributed by atoms with Crippen LogP contribution < -0.4 is 0 Å². The fourth-order valence-corrected chi connectivity index (χ4v) is 10.0. The third-order valence-electron chi connectivity index (χ3n) is 12.8. The molecule has 12 rings (SSSR count). The fraction of sp³-hybridized carbons (Fsp3) is 0.0339. The van der Waals surface area contributed by atoms with Crippen LogP contribution in [0.1, 0.15) is 11.4 Å². The summed E-state index contributed by atoms with van der Waals surface area (Å²) in [4.78, 5) is 4.98. The summed E-state index contributed by atoms with van der Waals surface area (Å²) < 4.78 is 2.23. The molecule has 0 atom stereocenters. The normalized spacial score (nSPS) is 11.8. The van der Waals surface area contributed by atoms with Crippen LogP contribution in [-0.4, -0.2) is 9.55 Å². The summed E-state index contributed by atoms with van der Waals surface area (Å²) in [6, 6.07) is 75.8. The number of para-hydroxylation sites is 1. The predicted molar refractivity (Wildman–Crippen MR) is 260 cm³/mol. The van der Waals surface area contributed by atoms with Gasteiger partial charge in [-0.2, -0.15) is 0 Å². The van der Waals surface area contributed by atoms with Gasteiger partial charge < -0.3 is 0 Å². The van der Waals surface area contributed by atoms with Crippen LogP contribution in [-0.2, 0) is 0 Å². The predicted octanol–water partition coefficient (Wildman–Crippen LogP) is 16.1. The van der Waals surface area contributed by atoms with Gasteiger partial charge in [-0.05, 0) is 148 Å². The number of benzene rings is 11. The molecule has 0 radical (unpaired) electrons. The molecular formula is C59H40N2. The van der Waals surface area contributed by atoms with Crippen molar-refractivity contribution in [1.82, 2.24) is 9.55 Å². The molecule has 286 valence electrons. The zero-order chi connectivity index (χ0) is 40.6. The molecule has 0 aliphatic heterocycles. The highest BCUT2D eigenvalue weighted by molar-refractivity contribution is 6.21. The van der Waals surface area contributed by atoms with Crippen molar-refractivity contribution in [3.8, 4) is 50.2 Å². The molecule has 1 aromatic heterocycles. The molecule has 61 heavy (non-hydrogen) atoms. The van der Waals surface area contributed by atoms with E-state index in [0.717, 1.165) is 22.5 Å². The van der Waals surface area contributed by atoms with Gasteiger partial charge in [0.05, 0.1) is 11.0 Å². The van der Waals surface area contributed by atoms with E-state index < -0.39 is 0 Å². The zero-order valence-corrected chi connectivity index (χ0v) is 34.0. The lowest BCUT2D eigenvalue weighted by molar-refractivity contribution is 1.00. The Kier molecular flexibility index (Phi) is 8.01. The van der Waals surface area contributed by atoms with Crippen molar-refractivity contribution in [1.29, 1.82) is 0 Å². The summed E-state index contributed by atoms with van der Waals surface area (Å²) in [7, 11) is 0. The Hall–Kier alpha value is -7.81. The molecule has 2 heteroatoms. The number of fused-ring (bicyclic) bond motifs is 8. The van der Waals surface area contributed by atoms with E-state index in [0.29, 0.717) is 0 Å². The van der Waals surface area contributed by atoms with Crippen LogP contribution in [0.25, 0.3) is 115 Å². The van der Waals surface area contributed by atoms with Crippen molar-refractivity contribution in [3.63, 3.8) is 0 Å². The van der Waals surface area contributed by atoms with E-state index in [2.05, 4.69) is 225 Å². The quantitative estimate of drug-likeness (QED) is 0.159. The summed E-state index contributed by atoms with van der Waals surface area (Å²) in [6.45, 7) is 4.31. The van der Waals surface area contributed by atoms with E-state index in [4.69, 9.17) is 4.98 Å². The van der Waals surface area contributed by atoms with Crippen molar-refractivity contribution >= 4 is 64.9 Å². The summed E-state index contributed by atoms with van der Waals surface area (Å²) in [5.74, 6) is 0.981. The lowest BCUT2D eigenvalue weighted by Crippen LogP contribution is -1.96. The Bertz CT molecular complexity index is 3700.